The summed E-state index contributed by atoms with van der Waals surface area (Å²) in [7, 11) is 0. The first-order chi connectivity index (χ1) is 6.48. The highest BCUT2D eigenvalue weighted by Crippen LogP contribution is 2.28. The van der Waals surface area contributed by atoms with Crippen molar-refractivity contribution < 1.29 is 4.42 Å². The van der Waals surface area contributed by atoms with E-state index in [9.17, 15) is 0 Å². The number of hydrogen-bond acceptors (Lipinski definition) is 3. The van der Waals surface area contributed by atoms with Crippen LogP contribution in [0, 0.1) is 6.92 Å². The summed E-state index contributed by atoms with van der Waals surface area (Å²) >= 11 is 0. The second-order valence-electron chi connectivity index (χ2n) is 5.07. The number of hydrogen-bond donors (Lipinski definition) is 1. The third-order valence-electron chi connectivity index (χ3n) is 2.64. The zero-order valence-corrected chi connectivity index (χ0v) is 9.35. The van der Waals surface area contributed by atoms with Gasteiger partial charge in [-0.15, -0.1) is 0 Å². The number of aryl methyl sites for hydroxylation is 1. The van der Waals surface area contributed by atoms with Crippen LogP contribution in [0.1, 0.15) is 44.0 Å². The average Bonchev–Trinajstić information content (AvgIpc) is 2.28. The van der Waals surface area contributed by atoms with E-state index in [1.54, 1.807) is 0 Å². The fraction of sp³-hybridized carbons (Fsp3) is 0.727. The first kappa shape index (κ1) is 9.71. The van der Waals surface area contributed by atoms with Crippen molar-refractivity contribution in [2.75, 3.05) is 13.1 Å². The Bertz CT molecular complexity index is 332. The lowest BCUT2D eigenvalue weighted by atomic mass is 9.96. The number of oxazole rings is 1. The summed E-state index contributed by atoms with van der Waals surface area (Å²) in [4.78, 5) is 4.60. The molecule has 1 fully saturated rings. The van der Waals surface area contributed by atoms with Crippen molar-refractivity contribution in [3.63, 3.8) is 0 Å². The lowest BCUT2D eigenvalue weighted by Gasteiger charge is -2.25. The smallest absolute Gasteiger partial charge is 0.200 e. The van der Waals surface area contributed by atoms with E-state index >= 15 is 0 Å². The topological polar surface area (TPSA) is 38.1 Å². The number of nitrogens with zero attached hydrogens (tertiary/aromatic N) is 1. The summed E-state index contributed by atoms with van der Waals surface area (Å²) in [5.74, 6) is 2.41. The molecule has 0 saturated carbocycles. The molecule has 3 heteroatoms. The Morgan fingerprint density at radius 1 is 1.36 bits per heavy atom. The molecule has 1 aliphatic heterocycles. The monoisotopic (exact) mass is 194 g/mol. The van der Waals surface area contributed by atoms with Crippen molar-refractivity contribution in [3.05, 3.63) is 17.3 Å². The Balaban J connectivity index is 2.29. The van der Waals surface area contributed by atoms with Crippen molar-refractivity contribution in [2.45, 2.75) is 39.0 Å². The summed E-state index contributed by atoms with van der Waals surface area (Å²) in [6.45, 7) is 10.5. The Hall–Kier alpha value is -0.830. The van der Waals surface area contributed by atoms with Gasteiger partial charge in [0.25, 0.3) is 0 Å². The second kappa shape index (κ2) is 3.09. The molecule has 1 N–H and O–H groups in total. The lowest BCUT2D eigenvalue weighted by Crippen LogP contribution is -2.40. The van der Waals surface area contributed by atoms with E-state index in [0.29, 0.717) is 5.92 Å². The third-order valence-corrected chi connectivity index (χ3v) is 2.64. The lowest BCUT2D eigenvalue weighted by molar-refractivity contribution is 0.379. The molecule has 0 bridgehead atoms. The van der Waals surface area contributed by atoms with E-state index in [1.165, 1.54) is 0 Å². The Morgan fingerprint density at radius 2 is 2.00 bits per heavy atom. The van der Waals surface area contributed by atoms with Crippen LogP contribution in [0.3, 0.4) is 0 Å². The largest absolute Gasteiger partial charge is 0.445 e. The first-order valence-corrected chi connectivity index (χ1v) is 5.17. The normalized spacial score (nSPS) is 18.3. The van der Waals surface area contributed by atoms with Crippen LogP contribution >= 0.6 is 0 Å². The molecule has 2 heterocycles. The molecule has 2 rings (SSSR count). The fourth-order valence-corrected chi connectivity index (χ4v) is 1.59. The van der Waals surface area contributed by atoms with Crippen molar-refractivity contribution in [1.82, 2.24) is 10.3 Å². The molecule has 0 spiro atoms. The van der Waals surface area contributed by atoms with Crippen LogP contribution in [-0.2, 0) is 5.41 Å². The maximum absolute atomic E-state index is 5.70. The SMILES string of the molecule is Cc1oc(C(C)(C)C)nc1C1CNC1. The van der Waals surface area contributed by atoms with E-state index < -0.39 is 0 Å². The number of nitrogens with one attached hydrogen (secondary N) is 1. The molecule has 14 heavy (non-hydrogen) atoms. The van der Waals surface area contributed by atoms with E-state index in [0.717, 1.165) is 30.4 Å². The van der Waals surface area contributed by atoms with Gasteiger partial charge >= 0.3 is 0 Å². The van der Waals surface area contributed by atoms with Crippen molar-refractivity contribution in [1.29, 1.82) is 0 Å². The quantitative estimate of drug-likeness (QED) is 0.742. The molecule has 1 aliphatic rings. The van der Waals surface area contributed by atoms with Gasteiger partial charge in [0, 0.05) is 24.4 Å². The Labute approximate surface area is 84.9 Å². The van der Waals surface area contributed by atoms with E-state index in [4.69, 9.17) is 4.42 Å². The first-order valence-electron chi connectivity index (χ1n) is 5.17. The Kier molecular flexibility index (Phi) is 2.14. The molecule has 0 radical (unpaired) electrons. The highest BCUT2D eigenvalue weighted by molar-refractivity contribution is 5.19. The van der Waals surface area contributed by atoms with Crippen molar-refractivity contribution in [3.8, 4) is 0 Å². The molecule has 0 atom stereocenters. The molecule has 1 aromatic rings. The molecule has 1 saturated heterocycles. The minimum absolute atomic E-state index is 0.0141. The molecule has 0 unspecified atom stereocenters. The van der Waals surface area contributed by atoms with Crippen molar-refractivity contribution in [2.24, 2.45) is 0 Å². The van der Waals surface area contributed by atoms with Gasteiger partial charge in [-0.25, -0.2) is 4.98 Å². The van der Waals surface area contributed by atoms with Crippen LogP contribution in [0.5, 0.6) is 0 Å². The molecular formula is C11H18N2O. The van der Waals surface area contributed by atoms with Crippen LogP contribution in [0.2, 0.25) is 0 Å². The summed E-state index contributed by atoms with van der Waals surface area (Å²) in [6, 6.07) is 0. The summed E-state index contributed by atoms with van der Waals surface area (Å²) < 4.78 is 5.70. The summed E-state index contributed by atoms with van der Waals surface area (Å²) in [5.41, 5.74) is 1.16. The van der Waals surface area contributed by atoms with Gasteiger partial charge < -0.3 is 9.73 Å². The van der Waals surface area contributed by atoms with E-state index in [1.807, 2.05) is 6.92 Å². The van der Waals surface area contributed by atoms with Crippen molar-refractivity contribution >= 4 is 0 Å². The van der Waals surface area contributed by atoms with Gasteiger partial charge in [-0.3, -0.25) is 0 Å². The van der Waals surface area contributed by atoms with Gasteiger partial charge in [0.05, 0.1) is 5.69 Å². The third kappa shape index (κ3) is 1.57. The molecule has 78 valence electrons. The van der Waals surface area contributed by atoms with E-state index in [2.05, 4.69) is 31.1 Å². The predicted molar refractivity (Wildman–Crippen MR) is 55.6 cm³/mol. The molecule has 0 aliphatic carbocycles. The fourth-order valence-electron chi connectivity index (χ4n) is 1.59. The predicted octanol–water partition coefficient (Wildman–Crippen LogP) is 1.97. The molecule has 0 amide bonds. The zero-order chi connectivity index (χ0) is 10.3. The van der Waals surface area contributed by atoms with Gasteiger partial charge in [0.15, 0.2) is 5.89 Å². The molecule has 3 nitrogen and oxygen atoms in total. The standard InChI is InChI=1S/C11H18N2O/c1-7-9(8-5-12-6-8)13-10(14-7)11(2,3)4/h8,12H,5-6H2,1-4H3. The van der Waals surface area contributed by atoms with Gasteiger partial charge in [0.1, 0.15) is 5.76 Å². The Morgan fingerprint density at radius 3 is 2.36 bits per heavy atom. The van der Waals surface area contributed by atoms with Crippen LogP contribution in [0.25, 0.3) is 0 Å². The maximum atomic E-state index is 5.70. The zero-order valence-electron chi connectivity index (χ0n) is 9.35. The summed E-state index contributed by atoms with van der Waals surface area (Å²) in [6.07, 6.45) is 0. The van der Waals surface area contributed by atoms with Gasteiger partial charge in [-0.2, -0.15) is 0 Å². The minimum Gasteiger partial charge on any atom is -0.445 e. The minimum atomic E-state index is 0.0141. The van der Waals surface area contributed by atoms with Crippen LogP contribution in [0.15, 0.2) is 4.42 Å². The highest BCUT2D eigenvalue weighted by atomic mass is 16.4. The summed E-state index contributed by atoms with van der Waals surface area (Å²) in [5, 5.41) is 3.25. The number of aromatic nitrogens is 1. The molecule has 1 aromatic heterocycles. The average molecular weight is 194 g/mol. The highest BCUT2D eigenvalue weighted by Gasteiger charge is 2.28. The number of rotatable bonds is 1. The second-order valence-corrected chi connectivity index (χ2v) is 5.07. The van der Waals surface area contributed by atoms with Gasteiger partial charge in [-0.05, 0) is 6.92 Å². The van der Waals surface area contributed by atoms with E-state index in [-0.39, 0.29) is 5.41 Å². The maximum Gasteiger partial charge on any atom is 0.200 e. The van der Waals surface area contributed by atoms with Crippen LogP contribution in [0.4, 0.5) is 0 Å². The molecule has 0 aromatic carbocycles. The van der Waals surface area contributed by atoms with Gasteiger partial charge in [-0.1, -0.05) is 20.8 Å². The molecular weight excluding hydrogens is 176 g/mol. The van der Waals surface area contributed by atoms with Crippen LogP contribution in [-0.4, -0.2) is 18.1 Å². The van der Waals surface area contributed by atoms with Crippen LogP contribution < -0.4 is 5.32 Å². The van der Waals surface area contributed by atoms with Gasteiger partial charge in [0.2, 0.25) is 0 Å².